The zero-order chi connectivity index (χ0) is 21.8. The van der Waals surface area contributed by atoms with Crippen LogP contribution in [0.3, 0.4) is 0 Å². The van der Waals surface area contributed by atoms with E-state index in [0.29, 0.717) is 27.9 Å². The Labute approximate surface area is 187 Å². The van der Waals surface area contributed by atoms with Crippen LogP contribution < -0.4 is 0 Å². The molecule has 0 bridgehead atoms. The summed E-state index contributed by atoms with van der Waals surface area (Å²) >= 11 is 6.20. The first-order valence-corrected chi connectivity index (χ1v) is 11.0. The number of aromatic nitrogens is 2. The van der Waals surface area contributed by atoms with Crippen molar-refractivity contribution >= 4 is 17.5 Å². The molecule has 1 saturated heterocycles. The third kappa shape index (κ3) is 5.32. The van der Waals surface area contributed by atoms with E-state index >= 15 is 0 Å². The Hall–Kier alpha value is -2.70. The first kappa shape index (κ1) is 21.5. The van der Waals surface area contributed by atoms with Crippen molar-refractivity contribution in [1.82, 2.24) is 19.9 Å². The highest BCUT2D eigenvalue weighted by Crippen LogP contribution is 2.25. The third-order valence-electron chi connectivity index (χ3n) is 5.65. The first-order chi connectivity index (χ1) is 15.0. The molecule has 1 aliphatic rings. The van der Waals surface area contributed by atoms with E-state index in [2.05, 4.69) is 22.0 Å². The number of hydrogen-bond donors (Lipinski definition) is 0. The Morgan fingerprint density at radius 2 is 2.00 bits per heavy atom. The highest BCUT2D eigenvalue weighted by Gasteiger charge is 2.19. The summed E-state index contributed by atoms with van der Waals surface area (Å²) < 4.78 is 5.32. The molecule has 7 heteroatoms. The van der Waals surface area contributed by atoms with Gasteiger partial charge in [-0.1, -0.05) is 47.9 Å². The van der Waals surface area contributed by atoms with Crippen molar-refractivity contribution in [1.29, 1.82) is 0 Å². The van der Waals surface area contributed by atoms with Crippen molar-refractivity contribution in [2.75, 3.05) is 20.1 Å². The second-order valence-corrected chi connectivity index (χ2v) is 8.74. The molecule has 4 rings (SSSR count). The van der Waals surface area contributed by atoms with Gasteiger partial charge in [0.2, 0.25) is 11.7 Å². The van der Waals surface area contributed by atoms with Gasteiger partial charge in [-0.25, -0.2) is 0 Å². The zero-order valence-electron chi connectivity index (χ0n) is 17.9. The normalized spacial score (nSPS) is 16.9. The van der Waals surface area contributed by atoms with Crippen LogP contribution in [0.4, 0.5) is 0 Å². The maximum Gasteiger partial charge on any atom is 0.254 e. The van der Waals surface area contributed by atoms with Gasteiger partial charge in [-0.2, -0.15) is 4.98 Å². The quantitative estimate of drug-likeness (QED) is 0.548. The fourth-order valence-electron chi connectivity index (χ4n) is 4.01. The van der Waals surface area contributed by atoms with Gasteiger partial charge in [0.25, 0.3) is 5.91 Å². The van der Waals surface area contributed by atoms with Crippen LogP contribution in [0.2, 0.25) is 5.02 Å². The van der Waals surface area contributed by atoms with E-state index in [9.17, 15) is 4.79 Å². The van der Waals surface area contributed by atoms with Crippen LogP contribution >= 0.6 is 11.6 Å². The molecule has 1 aromatic heterocycles. The second-order valence-electron chi connectivity index (χ2n) is 8.33. The van der Waals surface area contributed by atoms with Gasteiger partial charge in [0.15, 0.2) is 0 Å². The summed E-state index contributed by atoms with van der Waals surface area (Å²) in [5.41, 5.74) is 2.57. The molecule has 0 aliphatic carbocycles. The summed E-state index contributed by atoms with van der Waals surface area (Å²) in [6.07, 6.45) is 2.58. The van der Waals surface area contributed by atoms with Gasteiger partial charge in [0.1, 0.15) is 0 Å². The summed E-state index contributed by atoms with van der Waals surface area (Å²) in [6.45, 7) is 5.76. The fourth-order valence-corrected chi connectivity index (χ4v) is 4.23. The van der Waals surface area contributed by atoms with Crippen LogP contribution in [-0.2, 0) is 13.1 Å². The van der Waals surface area contributed by atoms with E-state index in [1.807, 2.05) is 42.5 Å². The Balaban J connectivity index is 1.36. The number of benzene rings is 2. The predicted octanol–water partition coefficient (Wildman–Crippen LogP) is 4.89. The lowest BCUT2D eigenvalue weighted by atomic mass is 9.99. The predicted molar refractivity (Wildman–Crippen MR) is 121 cm³/mol. The fraction of sp³-hybridized carbons (Fsp3) is 0.375. The van der Waals surface area contributed by atoms with E-state index in [1.54, 1.807) is 18.0 Å². The van der Waals surface area contributed by atoms with Crippen molar-refractivity contribution in [2.45, 2.75) is 32.9 Å². The SMILES string of the molecule is C[C@H]1CCCN(Cc2ccc(C(=O)N(C)Cc3nc(-c4ccccc4Cl)no3)cc2)C1. The van der Waals surface area contributed by atoms with Crippen LogP contribution in [0.25, 0.3) is 11.4 Å². The standard InChI is InChI=1S/C24H27ClN4O2/c1-17-6-5-13-29(14-17)15-18-9-11-19(12-10-18)24(30)28(2)16-22-26-23(27-31-22)20-7-3-4-8-21(20)25/h3-4,7-12,17H,5-6,13-16H2,1-2H3/t17-/m0/s1. The van der Waals surface area contributed by atoms with E-state index < -0.39 is 0 Å². The van der Waals surface area contributed by atoms with Gasteiger partial charge in [0, 0.05) is 31.3 Å². The molecule has 2 aromatic carbocycles. The number of amides is 1. The number of rotatable bonds is 6. The van der Waals surface area contributed by atoms with Gasteiger partial charge < -0.3 is 9.42 Å². The van der Waals surface area contributed by atoms with Gasteiger partial charge in [-0.15, -0.1) is 0 Å². The summed E-state index contributed by atoms with van der Waals surface area (Å²) in [6, 6.07) is 15.2. The molecule has 1 fully saturated rings. The molecule has 3 aromatic rings. The molecular formula is C24H27ClN4O2. The van der Waals surface area contributed by atoms with Gasteiger partial charge in [-0.3, -0.25) is 9.69 Å². The molecule has 31 heavy (non-hydrogen) atoms. The van der Waals surface area contributed by atoms with E-state index in [-0.39, 0.29) is 12.5 Å². The van der Waals surface area contributed by atoms with Gasteiger partial charge in [-0.05, 0) is 55.1 Å². The third-order valence-corrected chi connectivity index (χ3v) is 5.98. The molecule has 0 saturated carbocycles. The van der Waals surface area contributed by atoms with Crippen LogP contribution in [0.1, 0.15) is 41.6 Å². The molecule has 0 unspecified atom stereocenters. The Bertz CT molecular complexity index is 1030. The number of nitrogens with zero attached hydrogens (tertiary/aromatic N) is 4. The maximum absolute atomic E-state index is 12.8. The Morgan fingerprint density at radius 1 is 1.23 bits per heavy atom. The lowest BCUT2D eigenvalue weighted by molar-refractivity contribution is 0.0769. The molecule has 1 atom stereocenters. The highest BCUT2D eigenvalue weighted by molar-refractivity contribution is 6.33. The number of piperidine rings is 1. The minimum atomic E-state index is -0.0874. The second kappa shape index (κ2) is 9.62. The molecule has 2 heterocycles. The van der Waals surface area contributed by atoms with Crippen molar-refractivity contribution in [3.63, 3.8) is 0 Å². The summed E-state index contributed by atoms with van der Waals surface area (Å²) in [5.74, 6) is 1.45. The Kier molecular flexibility index (Phi) is 6.68. The van der Waals surface area contributed by atoms with E-state index in [0.717, 1.165) is 25.6 Å². The van der Waals surface area contributed by atoms with Crippen molar-refractivity contribution < 1.29 is 9.32 Å². The number of carbonyl (C=O) groups is 1. The van der Waals surface area contributed by atoms with Crippen molar-refractivity contribution in [3.8, 4) is 11.4 Å². The lowest BCUT2D eigenvalue weighted by Gasteiger charge is -2.30. The summed E-state index contributed by atoms with van der Waals surface area (Å²) in [5, 5.41) is 4.55. The summed E-state index contributed by atoms with van der Waals surface area (Å²) in [7, 11) is 1.73. The number of halogens is 1. The topological polar surface area (TPSA) is 62.5 Å². The average molecular weight is 439 g/mol. The number of likely N-dealkylation sites (tertiary alicyclic amines) is 1. The van der Waals surface area contributed by atoms with Gasteiger partial charge >= 0.3 is 0 Å². The summed E-state index contributed by atoms with van der Waals surface area (Å²) in [4.78, 5) is 21.3. The van der Waals surface area contributed by atoms with Gasteiger partial charge in [0.05, 0.1) is 11.6 Å². The zero-order valence-corrected chi connectivity index (χ0v) is 18.7. The maximum atomic E-state index is 12.8. The highest BCUT2D eigenvalue weighted by atomic mass is 35.5. The molecule has 0 spiro atoms. The monoisotopic (exact) mass is 438 g/mol. The minimum absolute atomic E-state index is 0.0874. The molecule has 0 radical (unpaired) electrons. The average Bonchev–Trinajstić information content (AvgIpc) is 3.22. The van der Waals surface area contributed by atoms with Crippen LogP contribution in [0.5, 0.6) is 0 Å². The van der Waals surface area contributed by atoms with Crippen molar-refractivity contribution in [2.24, 2.45) is 5.92 Å². The molecule has 1 amide bonds. The van der Waals surface area contributed by atoms with E-state index in [4.69, 9.17) is 16.1 Å². The molecule has 0 N–H and O–H groups in total. The molecular weight excluding hydrogens is 412 g/mol. The molecule has 162 valence electrons. The smallest absolute Gasteiger partial charge is 0.254 e. The largest absolute Gasteiger partial charge is 0.337 e. The minimum Gasteiger partial charge on any atom is -0.337 e. The lowest BCUT2D eigenvalue weighted by Crippen LogP contribution is -2.33. The van der Waals surface area contributed by atoms with Crippen LogP contribution in [-0.4, -0.2) is 46.0 Å². The van der Waals surface area contributed by atoms with Crippen LogP contribution in [0.15, 0.2) is 53.1 Å². The van der Waals surface area contributed by atoms with Crippen LogP contribution in [0, 0.1) is 5.92 Å². The molecule has 1 aliphatic heterocycles. The van der Waals surface area contributed by atoms with E-state index in [1.165, 1.54) is 18.4 Å². The number of carbonyl (C=O) groups excluding carboxylic acids is 1. The first-order valence-electron chi connectivity index (χ1n) is 10.6. The molecule has 6 nitrogen and oxygen atoms in total. The number of hydrogen-bond acceptors (Lipinski definition) is 5. The Morgan fingerprint density at radius 3 is 2.74 bits per heavy atom. The van der Waals surface area contributed by atoms with Crippen molar-refractivity contribution in [3.05, 3.63) is 70.6 Å².